The van der Waals surface area contributed by atoms with Crippen LogP contribution in [0.1, 0.15) is 44.2 Å². The van der Waals surface area contributed by atoms with Crippen LogP contribution < -0.4 is 10.6 Å². The van der Waals surface area contributed by atoms with Crippen molar-refractivity contribution < 1.29 is 13.2 Å². The zero-order valence-corrected chi connectivity index (χ0v) is 12.1. The molecule has 1 aromatic heterocycles. The second kappa shape index (κ2) is 6.95. The molecule has 1 fully saturated rings. The lowest BCUT2D eigenvalue weighted by Gasteiger charge is -2.12. The first kappa shape index (κ1) is 15.9. The highest BCUT2D eigenvalue weighted by Gasteiger charge is 2.33. The number of alkyl halides is 3. The maximum absolute atomic E-state index is 12.7. The molecule has 1 aromatic rings. The highest BCUT2D eigenvalue weighted by molar-refractivity contribution is 5.42. The Morgan fingerprint density at radius 2 is 1.95 bits per heavy atom. The molecule has 0 unspecified atom stereocenters. The van der Waals surface area contributed by atoms with E-state index >= 15 is 0 Å². The Kier molecular flexibility index (Phi) is 5.25. The standard InChI is InChI=1S/C14H21F3N4/c1-18-13-20-11(14(15,16)17)9-12(21-13)19-8-4-7-10-5-2-3-6-10/h9-10H,2-8H2,1H3,(H2,18,19,20,21). The first-order valence-electron chi connectivity index (χ1n) is 7.37. The van der Waals surface area contributed by atoms with Crippen molar-refractivity contribution in [3.05, 3.63) is 11.8 Å². The SMILES string of the molecule is CNc1nc(NCCCC2CCCC2)cc(C(F)(F)F)n1. The molecule has 7 heteroatoms. The third-order valence-corrected chi connectivity index (χ3v) is 3.81. The minimum atomic E-state index is -4.46. The molecular formula is C14H21F3N4. The quantitative estimate of drug-likeness (QED) is 0.782. The summed E-state index contributed by atoms with van der Waals surface area (Å²) in [6.07, 6.45) is 2.81. The van der Waals surface area contributed by atoms with Gasteiger partial charge in [-0.05, 0) is 18.8 Å². The number of halogens is 3. The van der Waals surface area contributed by atoms with Gasteiger partial charge in [0.05, 0.1) is 0 Å². The normalized spacial score (nSPS) is 16.2. The molecule has 1 aliphatic rings. The molecular weight excluding hydrogens is 281 g/mol. The summed E-state index contributed by atoms with van der Waals surface area (Å²) in [5, 5.41) is 5.52. The van der Waals surface area contributed by atoms with E-state index in [-0.39, 0.29) is 11.8 Å². The summed E-state index contributed by atoms with van der Waals surface area (Å²) < 4.78 is 38.2. The van der Waals surface area contributed by atoms with E-state index in [0.29, 0.717) is 6.54 Å². The average molecular weight is 302 g/mol. The van der Waals surface area contributed by atoms with Crippen LogP contribution >= 0.6 is 0 Å². The number of anilines is 2. The van der Waals surface area contributed by atoms with Crippen molar-refractivity contribution in [3.8, 4) is 0 Å². The van der Waals surface area contributed by atoms with E-state index in [0.717, 1.165) is 24.8 Å². The van der Waals surface area contributed by atoms with Crippen molar-refractivity contribution in [1.29, 1.82) is 0 Å². The highest BCUT2D eigenvalue weighted by Crippen LogP contribution is 2.30. The van der Waals surface area contributed by atoms with Crippen LogP contribution in [-0.2, 0) is 6.18 Å². The summed E-state index contributed by atoms with van der Waals surface area (Å²) in [4.78, 5) is 7.43. The molecule has 118 valence electrons. The number of hydrogen-bond donors (Lipinski definition) is 2. The van der Waals surface area contributed by atoms with Crippen molar-refractivity contribution in [2.45, 2.75) is 44.7 Å². The summed E-state index contributed by atoms with van der Waals surface area (Å²) in [7, 11) is 1.50. The minimum absolute atomic E-state index is 0.0249. The van der Waals surface area contributed by atoms with Gasteiger partial charge in [-0.1, -0.05) is 25.7 Å². The van der Waals surface area contributed by atoms with E-state index in [2.05, 4.69) is 20.6 Å². The third-order valence-electron chi connectivity index (χ3n) is 3.81. The molecule has 2 rings (SSSR count). The monoisotopic (exact) mass is 302 g/mol. The maximum Gasteiger partial charge on any atom is 0.433 e. The number of rotatable bonds is 6. The summed E-state index contributed by atoms with van der Waals surface area (Å²) >= 11 is 0. The Bertz CT molecular complexity index is 456. The maximum atomic E-state index is 12.7. The number of aromatic nitrogens is 2. The van der Waals surface area contributed by atoms with Crippen molar-refractivity contribution >= 4 is 11.8 Å². The molecule has 0 saturated heterocycles. The Morgan fingerprint density at radius 3 is 2.57 bits per heavy atom. The lowest BCUT2D eigenvalue weighted by Crippen LogP contribution is -2.13. The smallest absolute Gasteiger partial charge is 0.370 e. The fraction of sp³-hybridized carbons (Fsp3) is 0.714. The molecule has 0 aromatic carbocycles. The molecule has 21 heavy (non-hydrogen) atoms. The van der Waals surface area contributed by atoms with Gasteiger partial charge in [0.25, 0.3) is 0 Å². The van der Waals surface area contributed by atoms with E-state index < -0.39 is 11.9 Å². The molecule has 0 radical (unpaired) electrons. The van der Waals surface area contributed by atoms with Crippen LogP contribution in [0.2, 0.25) is 0 Å². The Labute approximate surface area is 122 Å². The molecule has 4 nitrogen and oxygen atoms in total. The molecule has 0 atom stereocenters. The number of nitrogens with zero attached hydrogens (tertiary/aromatic N) is 2. The van der Waals surface area contributed by atoms with Crippen molar-refractivity contribution in [2.24, 2.45) is 5.92 Å². The molecule has 0 bridgehead atoms. The zero-order valence-electron chi connectivity index (χ0n) is 12.1. The summed E-state index contributed by atoms with van der Waals surface area (Å²) in [5.74, 6) is 0.979. The van der Waals surface area contributed by atoms with Gasteiger partial charge in [0, 0.05) is 19.7 Å². The lowest BCUT2D eigenvalue weighted by atomic mass is 10.0. The van der Waals surface area contributed by atoms with E-state index in [1.54, 1.807) is 0 Å². The van der Waals surface area contributed by atoms with Crippen LogP contribution in [0.15, 0.2) is 6.07 Å². The number of nitrogens with one attached hydrogen (secondary N) is 2. The van der Waals surface area contributed by atoms with Crippen LogP contribution in [0.5, 0.6) is 0 Å². The summed E-state index contributed by atoms with van der Waals surface area (Å²) in [6, 6.07) is 0.955. The van der Waals surface area contributed by atoms with E-state index in [9.17, 15) is 13.2 Å². The minimum Gasteiger partial charge on any atom is -0.370 e. The van der Waals surface area contributed by atoms with Crippen LogP contribution in [0.3, 0.4) is 0 Å². The first-order valence-corrected chi connectivity index (χ1v) is 7.37. The first-order chi connectivity index (χ1) is 9.99. The highest BCUT2D eigenvalue weighted by atomic mass is 19.4. The fourth-order valence-electron chi connectivity index (χ4n) is 2.70. The molecule has 1 heterocycles. The molecule has 0 amide bonds. The van der Waals surface area contributed by atoms with Gasteiger partial charge in [-0.15, -0.1) is 0 Å². The van der Waals surface area contributed by atoms with Gasteiger partial charge in [-0.2, -0.15) is 18.2 Å². The molecule has 0 spiro atoms. The summed E-state index contributed by atoms with van der Waals surface area (Å²) in [5.41, 5.74) is -0.930. The largest absolute Gasteiger partial charge is 0.433 e. The van der Waals surface area contributed by atoms with E-state index in [1.165, 1.54) is 32.7 Å². The predicted octanol–water partition coefficient (Wildman–Crippen LogP) is 3.92. The second-order valence-corrected chi connectivity index (χ2v) is 5.43. The van der Waals surface area contributed by atoms with E-state index in [1.807, 2.05) is 0 Å². The van der Waals surface area contributed by atoms with Gasteiger partial charge in [0.1, 0.15) is 5.82 Å². The predicted molar refractivity (Wildman–Crippen MR) is 76.3 cm³/mol. The van der Waals surface area contributed by atoms with Crippen LogP contribution in [0.4, 0.5) is 24.9 Å². The van der Waals surface area contributed by atoms with Crippen molar-refractivity contribution in [2.75, 3.05) is 24.2 Å². The fourth-order valence-corrected chi connectivity index (χ4v) is 2.70. The molecule has 2 N–H and O–H groups in total. The second-order valence-electron chi connectivity index (χ2n) is 5.43. The van der Waals surface area contributed by atoms with Gasteiger partial charge in [-0.3, -0.25) is 0 Å². The lowest BCUT2D eigenvalue weighted by molar-refractivity contribution is -0.141. The third kappa shape index (κ3) is 4.75. The summed E-state index contributed by atoms with van der Waals surface area (Å²) in [6.45, 7) is 0.633. The molecule has 1 saturated carbocycles. The Balaban J connectivity index is 1.89. The van der Waals surface area contributed by atoms with Crippen LogP contribution in [-0.4, -0.2) is 23.6 Å². The van der Waals surface area contributed by atoms with Gasteiger partial charge in [-0.25, -0.2) is 4.98 Å². The molecule has 1 aliphatic carbocycles. The van der Waals surface area contributed by atoms with Gasteiger partial charge in [0.2, 0.25) is 5.95 Å². The zero-order chi connectivity index (χ0) is 15.3. The Morgan fingerprint density at radius 1 is 1.24 bits per heavy atom. The Hall–Kier alpha value is -1.53. The van der Waals surface area contributed by atoms with Crippen molar-refractivity contribution in [1.82, 2.24) is 9.97 Å². The van der Waals surface area contributed by atoms with Crippen molar-refractivity contribution in [3.63, 3.8) is 0 Å². The van der Waals surface area contributed by atoms with Gasteiger partial charge < -0.3 is 10.6 Å². The topological polar surface area (TPSA) is 49.8 Å². The van der Waals surface area contributed by atoms with Gasteiger partial charge >= 0.3 is 6.18 Å². The van der Waals surface area contributed by atoms with E-state index in [4.69, 9.17) is 0 Å². The van der Waals surface area contributed by atoms with Crippen LogP contribution in [0, 0.1) is 5.92 Å². The van der Waals surface area contributed by atoms with Gasteiger partial charge in [0.15, 0.2) is 5.69 Å². The molecule has 0 aliphatic heterocycles. The average Bonchev–Trinajstić information content (AvgIpc) is 2.95. The van der Waals surface area contributed by atoms with Crippen LogP contribution in [0.25, 0.3) is 0 Å². The number of hydrogen-bond acceptors (Lipinski definition) is 4.